The molecule has 160 valence electrons. The second kappa shape index (κ2) is 7.46. The van der Waals surface area contributed by atoms with E-state index in [4.69, 9.17) is 13.8 Å². The number of nitrogens with zero attached hydrogens (tertiary/aromatic N) is 1. The number of oxazole rings is 1. The van der Waals surface area contributed by atoms with Gasteiger partial charge in [0.25, 0.3) is 0 Å². The van der Waals surface area contributed by atoms with Crippen molar-refractivity contribution >= 4 is 33.0 Å². The molecule has 5 aromatic carbocycles. The maximum Gasteiger partial charge on any atom is 0.228 e. The molecule has 3 nitrogen and oxygen atoms in total. The zero-order valence-corrected chi connectivity index (χ0v) is 18.2. The van der Waals surface area contributed by atoms with Gasteiger partial charge in [-0.15, -0.1) is 0 Å². The number of aromatic nitrogens is 1. The van der Waals surface area contributed by atoms with E-state index < -0.39 is 0 Å². The van der Waals surface area contributed by atoms with E-state index in [-0.39, 0.29) is 0 Å². The molecule has 0 aliphatic heterocycles. The number of benzene rings is 5. The summed E-state index contributed by atoms with van der Waals surface area (Å²) in [4.78, 5) is 4.77. The van der Waals surface area contributed by atoms with Gasteiger partial charge in [-0.1, -0.05) is 78.9 Å². The van der Waals surface area contributed by atoms with Crippen LogP contribution < -0.4 is 0 Å². The van der Waals surface area contributed by atoms with Crippen LogP contribution in [0.1, 0.15) is 0 Å². The van der Waals surface area contributed by atoms with Gasteiger partial charge in [0, 0.05) is 21.9 Å². The molecule has 3 heteroatoms. The number of para-hydroxylation sites is 2. The first kappa shape index (κ1) is 18.9. The molecule has 2 aromatic heterocycles. The second-order valence-corrected chi connectivity index (χ2v) is 8.40. The van der Waals surface area contributed by atoms with Gasteiger partial charge in [-0.2, -0.15) is 0 Å². The summed E-state index contributed by atoms with van der Waals surface area (Å²) in [6.45, 7) is 0. The summed E-state index contributed by atoms with van der Waals surface area (Å²) in [5, 5.41) is 2.06. The number of furan rings is 1. The van der Waals surface area contributed by atoms with E-state index in [1.165, 1.54) is 0 Å². The summed E-state index contributed by atoms with van der Waals surface area (Å²) in [6, 6.07) is 39.2. The molecule has 7 aromatic rings. The molecule has 0 radical (unpaired) electrons. The molecule has 7 rings (SSSR count). The van der Waals surface area contributed by atoms with Crippen molar-refractivity contribution in [2.45, 2.75) is 0 Å². The van der Waals surface area contributed by atoms with Gasteiger partial charge in [0.05, 0.1) is 0 Å². The van der Waals surface area contributed by atoms with Crippen LogP contribution in [0, 0.1) is 0 Å². The van der Waals surface area contributed by atoms with E-state index in [0.29, 0.717) is 5.89 Å². The Morgan fingerprint density at radius 3 is 2.00 bits per heavy atom. The Labute approximate surface area is 195 Å². The van der Waals surface area contributed by atoms with Crippen LogP contribution in [0.2, 0.25) is 0 Å². The lowest BCUT2D eigenvalue weighted by Gasteiger charge is -2.08. The Balaban J connectivity index is 1.58. The number of fused-ring (bicyclic) bond motifs is 4. The van der Waals surface area contributed by atoms with Crippen molar-refractivity contribution in [3.8, 4) is 33.7 Å². The van der Waals surface area contributed by atoms with Crippen molar-refractivity contribution in [2.24, 2.45) is 0 Å². The summed E-state index contributed by atoms with van der Waals surface area (Å²) >= 11 is 0. The minimum Gasteiger partial charge on any atom is -0.455 e. The maximum atomic E-state index is 6.50. The topological polar surface area (TPSA) is 39.2 Å². The molecule has 34 heavy (non-hydrogen) atoms. The van der Waals surface area contributed by atoms with Crippen LogP contribution in [0.5, 0.6) is 0 Å². The first-order valence-corrected chi connectivity index (χ1v) is 11.3. The molecule has 0 atom stereocenters. The van der Waals surface area contributed by atoms with Crippen LogP contribution in [-0.2, 0) is 0 Å². The van der Waals surface area contributed by atoms with Crippen LogP contribution in [0.3, 0.4) is 0 Å². The molecular formula is C31H19NO2. The molecule has 0 aliphatic carbocycles. The molecule has 0 fully saturated rings. The number of hydrogen-bond donors (Lipinski definition) is 0. The predicted octanol–water partition coefficient (Wildman–Crippen LogP) is 8.73. The lowest BCUT2D eigenvalue weighted by Crippen LogP contribution is -1.84. The average molecular weight is 437 g/mol. The van der Waals surface area contributed by atoms with Gasteiger partial charge in [0.2, 0.25) is 5.89 Å². The van der Waals surface area contributed by atoms with Crippen molar-refractivity contribution in [2.75, 3.05) is 0 Å². The van der Waals surface area contributed by atoms with E-state index in [9.17, 15) is 0 Å². The zero-order chi connectivity index (χ0) is 22.5. The Bertz CT molecular complexity index is 1760. The quantitative estimate of drug-likeness (QED) is 0.277. The molecule has 0 amide bonds. The zero-order valence-electron chi connectivity index (χ0n) is 18.2. The molecule has 0 aliphatic rings. The molecule has 0 spiro atoms. The van der Waals surface area contributed by atoms with Crippen molar-refractivity contribution in [1.82, 2.24) is 4.98 Å². The van der Waals surface area contributed by atoms with Crippen LogP contribution in [0.15, 0.2) is 124 Å². The van der Waals surface area contributed by atoms with Crippen LogP contribution in [-0.4, -0.2) is 4.98 Å². The summed E-state index contributed by atoms with van der Waals surface area (Å²) in [5.41, 5.74) is 8.72. The highest BCUT2D eigenvalue weighted by atomic mass is 16.3. The predicted molar refractivity (Wildman–Crippen MR) is 138 cm³/mol. The highest BCUT2D eigenvalue weighted by Crippen LogP contribution is 2.43. The fourth-order valence-electron chi connectivity index (χ4n) is 4.72. The first-order valence-electron chi connectivity index (χ1n) is 11.3. The van der Waals surface area contributed by atoms with Crippen molar-refractivity contribution in [1.29, 1.82) is 0 Å². The van der Waals surface area contributed by atoms with Crippen molar-refractivity contribution in [3.63, 3.8) is 0 Å². The number of hydrogen-bond acceptors (Lipinski definition) is 3. The Morgan fingerprint density at radius 2 is 1.21 bits per heavy atom. The molecular weight excluding hydrogens is 418 g/mol. The lowest BCUT2D eigenvalue weighted by atomic mass is 9.95. The van der Waals surface area contributed by atoms with Crippen molar-refractivity contribution in [3.05, 3.63) is 115 Å². The highest BCUT2D eigenvalue weighted by molar-refractivity contribution is 6.16. The average Bonchev–Trinajstić information content (AvgIpc) is 3.51. The summed E-state index contributed by atoms with van der Waals surface area (Å²) in [5.74, 6) is 0.598. The Hall–Kier alpha value is -4.63. The van der Waals surface area contributed by atoms with Gasteiger partial charge < -0.3 is 8.83 Å². The van der Waals surface area contributed by atoms with Gasteiger partial charge in [-0.3, -0.25) is 0 Å². The molecule has 0 unspecified atom stereocenters. The second-order valence-electron chi connectivity index (χ2n) is 8.40. The Kier molecular flexibility index (Phi) is 4.15. The molecule has 0 bridgehead atoms. The summed E-state index contributed by atoms with van der Waals surface area (Å²) < 4.78 is 12.7. The van der Waals surface area contributed by atoms with Crippen LogP contribution in [0.4, 0.5) is 0 Å². The molecule has 0 saturated carbocycles. The SMILES string of the molecule is c1ccc(-c2cc(-c3ccccc3)c3oc4cccc(-c5nc6ccccc6o5)c4c3c2)cc1. The fraction of sp³-hybridized carbons (Fsp3) is 0. The van der Waals surface area contributed by atoms with Gasteiger partial charge in [0.1, 0.15) is 16.7 Å². The third-order valence-electron chi connectivity index (χ3n) is 6.31. The third kappa shape index (κ3) is 2.95. The van der Waals surface area contributed by atoms with Gasteiger partial charge in [0.15, 0.2) is 5.58 Å². The molecule has 0 saturated heterocycles. The lowest BCUT2D eigenvalue weighted by molar-refractivity contribution is 0.620. The smallest absolute Gasteiger partial charge is 0.228 e. The van der Waals surface area contributed by atoms with E-state index in [1.807, 2.05) is 48.5 Å². The number of rotatable bonds is 3. The van der Waals surface area contributed by atoms with Crippen LogP contribution >= 0.6 is 0 Å². The van der Waals surface area contributed by atoms with E-state index >= 15 is 0 Å². The minimum absolute atomic E-state index is 0.598. The Morgan fingerprint density at radius 1 is 0.500 bits per heavy atom. The van der Waals surface area contributed by atoms with E-state index in [2.05, 4.69) is 66.7 Å². The van der Waals surface area contributed by atoms with Gasteiger partial charge in [-0.25, -0.2) is 4.98 Å². The minimum atomic E-state index is 0.598. The summed E-state index contributed by atoms with van der Waals surface area (Å²) in [6.07, 6.45) is 0. The van der Waals surface area contributed by atoms with Crippen molar-refractivity contribution < 1.29 is 8.83 Å². The third-order valence-corrected chi connectivity index (χ3v) is 6.31. The highest BCUT2D eigenvalue weighted by Gasteiger charge is 2.20. The van der Waals surface area contributed by atoms with Crippen LogP contribution in [0.25, 0.3) is 66.7 Å². The normalized spacial score (nSPS) is 11.5. The standard InChI is InChI=1S/C31H19NO2/c1-3-10-20(11-4-1)22-18-24(21-12-5-2-6-13-21)30-25(19-22)29-23(14-9-17-28(29)33-30)31-32-26-15-7-8-16-27(26)34-31/h1-19H. The van der Waals surface area contributed by atoms with E-state index in [0.717, 1.165) is 60.9 Å². The fourth-order valence-corrected chi connectivity index (χ4v) is 4.72. The van der Waals surface area contributed by atoms with E-state index in [1.54, 1.807) is 0 Å². The maximum absolute atomic E-state index is 6.50. The molecule has 2 heterocycles. The molecule has 0 N–H and O–H groups in total. The first-order chi connectivity index (χ1) is 16.8. The van der Waals surface area contributed by atoms with Gasteiger partial charge in [-0.05, 0) is 53.1 Å². The monoisotopic (exact) mass is 437 g/mol. The largest absolute Gasteiger partial charge is 0.455 e. The summed E-state index contributed by atoms with van der Waals surface area (Å²) in [7, 11) is 0. The van der Waals surface area contributed by atoms with Gasteiger partial charge >= 0.3 is 0 Å².